The summed E-state index contributed by atoms with van der Waals surface area (Å²) in [7, 11) is 0. The van der Waals surface area contributed by atoms with Gasteiger partial charge in [-0.1, -0.05) is 30.3 Å². The molecule has 2 fully saturated rings. The molecular formula is C17H21NO3. The Morgan fingerprint density at radius 3 is 2.43 bits per heavy atom. The van der Waals surface area contributed by atoms with E-state index < -0.39 is 11.9 Å². The van der Waals surface area contributed by atoms with Crippen LogP contribution in [0.4, 0.5) is 0 Å². The molecule has 0 radical (unpaired) electrons. The molecule has 0 spiro atoms. The van der Waals surface area contributed by atoms with Gasteiger partial charge in [0.25, 0.3) is 0 Å². The van der Waals surface area contributed by atoms with Gasteiger partial charge in [0.15, 0.2) is 0 Å². The maximum absolute atomic E-state index is 12.4. The van der Waals surface area contributed by atoms with Crippen molar-refractivity contribution < 1.29 is 14.7 Å². The molecule has 1 aromatic rings. The van der Waals surface area contributed by atoms with Crippen molar-refractivity contribution in [1.29, 1.82) is 0 Å². The number of carboxylic acids is 1. The summed E-state index contributed by atoms with van der Waals surface area (Å²) < 4.78 is 0. The maximum Gasteiger partial charge on any atom is 0.307 e. The molecule has 0 unspecified atom stereocenters. The number of rotatable bonds is 5. The summed E-state index contributed by atoms with van der Waals surface area (Å²) in [5, 5.41) is 12.3. The molecule has 112 valence electrons. The number of amides is 1. The van der Waals surface area contributed by atoms with Crippen molar-refractivity contribution in [3.63, 3.8) is 0 Å². The van der Waals surface area contributed by atoms with E-state index in [9.17, 15) is 14.7 Å². The fraction of sp³-hybridized carbons (Fsp3) is 0.529. The SMILES string of the molecule is O=C(O)[C@@H]1[C@@H]2CC[C@@H](C2)[C@@H]1C(=O)NCCc1ccccc1. The molecule has 0 aliphatic heterocycles. The first-order valence-electron chi connectivity index (χ1n) is 7.71. The van der Waals surface area contributed by atoms with Crippen LogP contribution >= 0.6 is 0 Å². The number of carbonyl (C=O) groups is 2. The largest absolute Gasteiger partial charge is 0.481 e. The van der Waals surface area contributed by atoms with E-state index in [0.29, 0.717) is 6.54 Å². The van der Waals surface area contributed by atoms with E-state index in [0.717, 1.165) is 25.7 Å². The first kappa shape index (κ1) is 14.1. The molecule has 4 nitrogen and oxygen atoms in total. The lowest BCUT2D eigenvalue weighted by Gasteiger charge is -2.27. The van der Waals surface area contributed by atoms with Crippen LogP contribution in [0.3, 0.4) is 0 Å². The molecule has 0 aromatic heterocycles. The zero-order valence-electron chi connectivity index (χ0n) is 12.0. The van der Waals surface area contributed by atoms with Crippen molar-refractivity contribution in [3.05, 3.63) is 35.9 Å². The molecular weight excluding hydrogens is 266 g/mol. The fourth-order valence-corrected chi connectivity index (χ4v) is 4.12. The average molecular weight is 287 g/mol. The van der Waals surface area contributed by atoms with E-state index >= 15 is 0 Å². The number of hydrogen-bond acceptors (Lipinski definition) is 2. The van der Waals surface area contributed by atoms with Crippen LogP contribution in [0.25, 0.3) is 0 Å². The van der Waals surface area contributed by atoms with Crippen LogP contribution in [-0.4, -0.2) is 23.5 Å². The number of carboxylic acid groups (broad SMARTS) is 1. The summed E-state index contributed by atoms with van der Waals surface area (Å²) in [6.45, 7) is 0.572. The van der Waals surface area contributed by atoms with Gasteiger partial charge in [0, 0.05) is 6.54 Å². The third-order valence-electron chi connectivity index (χ3n) is 5.06. The predicted molar refractivity (Wildman–Crippen MR) is 78.6 cm³/mol. The zero-order chi connectivity index (χ0) is 14.8. The smallest absolute Gasteiger partial charge is 0.307 e. The number of benzene rings is 1. The van der Waals surface area contributed by atoms with E-state index in [1.54, 1.807) is 0 Å². The predicted octanol–water partition coefficient (Wildman–Crippen LogP) is 2.09. The monoisotopic (exact) mass is 287 g/mol. The van der Waals surface area contributed by atoms with E-state index in [4.69, 9.17) is 0 Å². The standard InChI is InChI=1S/C17H21NO3/c19-16(18-9-8-11-4-2-1-3-5-11)14-12-6-7-13(10-12)15(14)17(20)21/h1-5,12-15H,6-10H2,(H,18,19)(H,20,21)/t12-,13+,14-,15+/m0/s1. The lowest BCUT2D eigenvalue weighted by atomic mass is 9.78. The molecule has 21 heavy (non-hydrogen) atoms. The number of hydrogen-bond donors (Lipinski definition) is 2. The quantitative estimate of drug-likeness (QED) is 0.871. The Morgan fingerprint density at radius 2 is 1.76 bits per heavy atom. The molecule has 2 aliphatic carbocycles. The molecule has 0 saturated heterocycles. The third kappa shape index (κ3) is 2.80. The first-order valence-corrected chi connectivity index (χ1v) is 7.71. The fourth-order valence-electron chi connectivity index (χ4n) is 4.12. The second-order valence-electron chi connectivity index (χ2n) is 6.25. The Hall–Kier alpha value is -1.84. The van der Waals surface area contributed by atoms with Crippen molar-refractivity contribution in [2.45, 2.75) is 25.7 Å². The molecule has 3 rings (SSSR count). The van der Waals surface area contributed by atoms with E-state index in [1.165, 1.54) is 5.56 Å². The Balaban J connectivity index is 1.56. The highest BCUT2D eigenvalue weighted by molar-refractivity contribution is 5.86. The third-order valence-corrected chi connectivity index (χ3v) is 5.06. The minimum Gasteiger partial charge on any atom is -0.481 e. The Labute approximate surface area is 124 Å². The molecule has 2 bridgehead atoms. The number of carbonyl (C=O) groups excluding carboxylic acids is 1. The molecule has 0 heterocycles. The van der Waals surface area contributed by atoms with Crippen molar-refractivity contribution in [2.24, 2.45) is 23.7 Å². The molecule has 2 N–H and O–H groups in total. The van der Waals surface area contributed by atoms with Crippen molar-refractivity contribution in [1.82, 2.24) is 5.32 Å². The normalized spacial score (nSPS) is 30.3. The summed E-state index contributed by atoms with van der Waals surface area (Å²) in [6.07, 6.45) is 3.67. The Morgan fingerprint density at radius 1 is 1.10 bits per heavy atom. The molecule has 2 aliphatic rings. The number of nitrogens with one attached hydrogen (secondary N) is 1. The molecule has 1 aromatic carbocycles. The zero-order valence-corrected chi connectivity index (χ0v) is 12.0. The molecule has 4 heteroatoms. The second-order valence-corrected chi connectivity index (χ2v) is 6.25. The second kappa shape index (κ2) is 5.88. The highest BCUT2D eigenvalue weighted by Gasteiger charge is 2.53. The van der Waals surface area contributed by atoms with Crippen LogP contribution in [-0.2, 0) is 16.0 Å². The minimum absolute atomic E-state index is 0.0643. The maximum atomic E-state index is 12.4. The summed E-state index contributed by atoms with van der Waals surface area (Å²) in [4.78, 5) is 23.8. The average Bonchev–Trinajstić information content (AvgIpc) is 3.08. The summed E-state index contributed by atoms with van der Waals surface area (Å²) in [5.41, 5.74) is 1.18. The van der Waals surface area contributed by atoms with Crippen LogP contribution in [0.2, 0.25) is 0 Å². The summed E-state index contributed by atoms with van der Waals surface area (Å²) in [5.74, 6) is -1.18. The van der Waals surface area contributed by atoms with Crippen LogP contribution < -0.4 is 5.32 Å². The lowest BCUT2D eigenvalue weighted by Crippen LogP contribution is -2.41. The number of aliphatic carboxylic acids is 1. The van der Waals surface area contributed by atoms with Gasteiger partial charge in [-0.25, -0.2) is 0 Å². The van der Waals surface area contributed by atoms with Crippen LogP contribution in [0.5, 0.6) is 0 Å². The topological polar surface area (TPSA) is 66.4 Å². The van der Waals surface area contributed by atoms with Gasteiger partial charge < -0.3 is 10.4 Å². The van der Waals surface area contributed by atoms with Crippen LogP contribution in [0.15, 0.2) is 30.3 Å². The highest BCUT2D eigenvalue weighted by Crippen LogP contribution is 2.52. The van der Waals surface area contributed by atoms with Gasteiger partial charge in [0.05, 0.1) is 11.8 Å². The van der Waals surface area contributed by atoms with Gasteiger partial charge in [-0.3, -0.25) is 9.59 Å². The summed E-state index contributed by atoms with van der Waals surface area (Å²) in [6, 6.07) is 9.99. The van der Waals surface area contributed by atoms with Gasteiger partial charge in [-0.15, -0.1) is 0 Å². The Kier molecular flexibility index (Phi) is 3.95. The van der Waals surface area contributed by atoms with E-state index in [1.807, 2.05) is 30.3 Å². The van der Waals surface area contributed by atoms with Gasteiger partial charge >= 0.3 is 5.97 Å². The van der Waals surface area contributed by atoms with Crippen LogP contribution in [0, 0.1) is 23.7 Å². The van der Waals surface area contributed by atoms with Gasteiger partial charge in [-0.2, -0.15) is 0 Å². The van der Waals surface area contributed by atoms with Gasteiger partial charge in [0.2, 0.25) is 5.91 Å². The molecule has 4 atom stereocenters. The highest BCUT2D eigenvalue weighted by atomic mass is 16.4. The van der Waals surface area contributed by atoms with Crippen molar-refractivity contribution in [2.75, 3.05) is 6.54 Å². The van der Waals surface area contributed by atoms with Gasteiger partial charge in [0.1, 0.15) is 0 Å². The lowest BCUT2D eigenvalue weighted by molar-refractivity contribution is -0.149. The first-order chi connectivity index (χ1) is 10.2. The van der Waals surface area contributed by atoms with Crippen molar-refractivity contribution in [3.8, 4) is 0 Å². The molecule has 2 saturated carbocycles. The van der Waals surface area contributed by atoms with E-state index in [2.05, 4.69) is 5.32 Å². The molecule has 1 amide bonds. The van der Waals surface area contributed by atoms with Crippen LogP contribution in [0.1, 0.15) is 24.8 Å². The van der Waals surface area contributed by atoms with Crippen molar-refractivity contribution >= 4 is 11.9 Å². The minimum atomic E-state index is -0.801. The van der Waals surface area contributed by atoms with E-state index in [-0.39, 0.29) is 23.7 Å². The van der Waals surface area contributed by atoms with Gasteiger partial charge in [-0.05, 0) is 43.1 Å². The number of fused-ring (bicyclic) bond motifs is 2. The Bertz CT molecular complexity index is 528. The summed E-state index contributed by atoms with van der Waals surface area (Å²) >= 11 is 0.